The Morgan fingerprint density at radius 1 is 1.05 bits per heavy atom. The zero-order valence-corrected chi connectivity index (χ0v) is 11.4. The number of hydrogen-bond donors (Lipinski definition) is 2. The summed E-state index contributed by atoms with van der Waals surface area (Å²) in [5.74, 6) is -1.15. The predicted molar refractivity (Wildman–Crippen MR) is 73.0 cm³/mol. The molecule has 1 fully saturated rings. The molecule has 0 amide bonds. The molecule has 0 aromatic heterocycles. The van der Waals surface area contributed by atoms with Crippen LogP contribution in [0, 0.1) is 5.92 Å². The molecular weight excluding hydrogens is 244 g/mol. The van der Waals surface area contributed by atoms with Gasteiger partial charge in [-0.3, -0.25) is 4.79 Å². The molecule has 0 aromatic rings. The number of aliphatic carboxylic acids is 2. The van der Waals surface area contributed by atoms with Crippen molar-refractivity contribution in [3.8, 4) is 0 Å². The van der Waals surface area contributed by atoms with E-state index in [0.29, 0.717) is 6.42 Å². The molecule has 4 heteroatoms. The van der Waals surface area contributed by atoms with E-state index in [1.165, 1.54) is 44.6 Å². The van der Waals surface area contributed by atoms with Crippen molar-refractivity contribution in [2.24, 2.45) is 5.92 Å². The van der Waals surface area contributed by atoms with Crippen LogP contribution in [0.3, 0.4) is 0 Å². The average Bonchev–Trinajstić information content (AvgIpc) is 2.38. The van der Waals surface area contributed by atoms with Crippen molar-refractivity contribution in [3.05, 3.63) is 11.6 Å². The first-order valence-corrected chi connectivity index (χ1v) is 7.23. The second-order valence-corrected chi connectivity index (χ2v) is 5.38. The third kappa shape index (κ3) is 6.99. The lowest BCUT2D eigenvalue weighted by Gasteiger charge is -2.21. The van der Waals surface area contributed by atoms with Crippen LogP contribution < -0.4 is 0 Å². The van der Waals surface area contributed by atoms with Gasteiger partial charge in [0.05, 0.1) is 6.42 Å². The minimum Gasteiger partial charge on any atom is -0.481 e. The highest BCUT2D eigenvalue weighted by molar-refractivity contribution is 5.87. The minimum atomic E-state index is -0.987. The van der Waals surface area contributed by atoms with E-state index in [-0.39, 0.29) is 12.0 Å². The Hall–Kier alpha value is -1.32. The topological polar surface area (TPSA) is 74.6 Å². The van der Waals surface area contributed by atoms with Gasteiger partial charge in [-0.25, -0.2) is 4.79 Å². The molecule has 1 saturated carbocycles. The van der Waals surface area contributed by atoms with Crippen molar-refractivity contribution >= 4 is 11.9 Å². The molecule has 0 aliphatic heterocycles. The van der Waals surface area contributed by atoms with Crippen LogP contribution in [0.15, 0.2) is 11.6 Å². The molecule has 2 N–H and O–H groups in total. The molecule has 0 saturated heterocycles. The molecular formula is C15H24O4. The molecule has 1 aliphatic carbocycles. The summed E-state index contributed by atoms with van der Waals surface area (Å²) < 4.78 is 0. The molecule has 108 valence electrons. The van der Waals surface area contributed by atoms with Crippen LogP contribution in [0.1, 0.15) is 64.2 Å². The molecule has 0 aromatic carbocycles. The van der Waals surface area contributed by atoms with Gasteiger partial charge in [-0.1, -0.05) is 51.0 Å². The molecule has 1 rings (SSSR count). The van der Waals surface area contributed by atoms with E-state index in [1.807, 2.05) is 0 Å². The van der Waals surface area contributed by atoms with Crippen molar-refractivity contribution in [2.75, 3.05) is 0 Å². The van der Waals surface area contributed by atoms with Crippen molar-refractivity contribution < 1.29 is 19.8 Å². The van der Waals surface area contributed by atoms with Gasteiger partial charge in [-0.05, 0) is 18.8 Å². The van der Waals surface area contributed by atoms with E-state index in [1.54, 1.807) is 0 Å². The number of carboxylic acids is 2. The molecule has 0 spiro atoms. The number of carboxylic acid groups (broad SMARTS) is 2. The summed E-state index contributed by atoms with van der Waals surface area (Å²) in [6, 6.07) is 0. The first kappa shape index (κ1) is 15.7. The van der Waals surface area contributed by atoms with Gasteiger partial charge in [0.1, 0.15) is 0 Å². The monoisotopic (exact) mass is 268 g/mol. The Balaban J connectivity index is 2.22. The highest BCUT2D eigenvalue weighted by Crippen LogP contribution is 2.28. The van der Waals surface area contributed by atoms with Crippen LogP contribution in [0.5, 0.6) is 0 Å². The maximum Gasteiger partial charge on any atom is 0.331 e. The van der Waals surface area contributed by atoms with E-state index in [0.717, 1.165) is 18.8 Å². The maximum atomic E-state index is 10.9. The van der Waals surface area contributed by atoms with Gasteiger partial charge < -0.3 is 10.2 Å². The van der Waals surface area contributed by atoms with Crippen LogP contribution >= 0.6 is 0 Å². The zero-order chi connectivity index (χ0) is 14.1. The lowest BCUT2D eigenvalue weighted by Crippen LogP contribution is -2.06. The molecule has 0 atom stereocenters. The Morgan fingerprint density at radius 2 is 1.74 bits per heavy atom. The molecule has 0 bridgehead atoms. The lowest BCUT2D eigenvalue weighted by molar-refractivity contribution is -0.136. The highest BCUT2D eigenvalue weighted by atomic mass is 16.4. The molecule has 0 radical (unpaired) electrons. The van der Waals surface area contributed by atoms with Gasteiger partial charge in [-0.15, -0.1) is 0 Å². The summed E-state index contributed by atoms with van der Waals surface area (Å²) in [7, 11) is 0. The summed E-state index contributed by atoms with van der Waals surface area (Å²) in [5, 5.41) is 17.5. The number of rotatable bonds is 8. The standard InChI is InChI=1S/C15H24O4/c16-14(17)11-10-13(15(18)19)9-5-4-8-12-6-2-1-3-7-12/h10,12H,1-9,11H2,(H,16,17)(H,18,19)/b13-10+. The van der Waals surface area contributed by atoms with E-state index in [9.17, 15) is 9.59 Å². The summed E-state index contributed by atoms with van der Waals surface area (Å²) in [6.07, 6.45) is 11.3. The molecule has 4 nitrogen and oxygen atoms in total. The van der Waals surface area contributed by atoms with Crippen molar-refractivity contribution in [1.29, 1.82) is 0 Å². The normalized spacial score (nSPS) is 17.4. The zero-order valence-electron chi connectivity index (χ0n) is 11.4. The van der Waals surface area contributed by atoms with Gasteiger partial charge in [0.25, 0.3) is 0 Å². The summed E-state index contributed by atoms with van der Waals surface area (Å²) >= 11 is 0. The van der Waals surface area contributed by atoms with Gasteiger partial charge in [0.15, 0.2) is 0 Å². The Labute approximate surface area is 114 Å². The highest BCUT2D eigenvalue weighted by Gasteiger charge is 2.13. The van der Waals surface area contributed by atoms with Crippen LogP contribution in [0.2, 0.25) is 0 Å². The first-order valence-electron chi connectivity index (χ1n) is 7.23. The summed E-state index contributed by atoms with van der Waals surface area (Å²) in [4.78, 5) is 21.4. The minimum absolute atomic E-state index is 0.204. The third-order valence-corrected chi connectivity index (χ3v) is 3.83. The molecule has 19 heavy (non-hydrogen) atoms. The van der Waals surface area contributed by atoms with E-state index in [4.69, 9.17) is 10.2 Å². The maximum absolute atomic E-state index is 10.9. The van der Waals surface area contributed by atoms with Crippen molar-refractivity contribution in [2.45, 2.75) is 64.2 Å². The van der Waals surface area contributed by atoms with Gasteiger partial charge in [0, 0.05) is 5.57 Å². The van der Waals surface area contributed by atoms with E-state index >= 15 is 0 Å². The fourth-order valence-corrected chi connectivity index (χ4v) is 2.73. The van der Waals surface area contributed by atoms with Gasteiger partial charge >= 0.3 is 11.9 Å². The second-order valence-electron chi connectivity index (χ2n) is 5.38. The predicted octanol–water partition coefficient (Wildman–Crippen LogP) is 3.61. The average molecular weight is 268 g/mol. The Kier molecular flexibility index (Phi) is 7.23. The fraction of sp³-hybridized carbons (Fsp3) is 0.733. The fourth-order valence-electron chi connectivity index (χ4n) is 2.73. The first-order chi connectivity index (χ1) is 9.09. The van der Waals surface area contributed by atoms with Crippen molar-refractivity contribution in [1.82, 2.24) is 0 Å². The van der Waals surface area contributed by atoms with Crippen LogP contribution in [-0.2, 0) is 9.59 Å². The van der Waals surface area contributed by atoms with Crippen LogP contribution in [0.4, 0.5) is 0 Å². The van der Waals surface area contributed by atoms with E-state index in [2.05, 4.69) is 0 Å². The second kappa shape index (κ2) is 8.73. The van der Waals surface area contributed by atoms with Crippen molar-refractivity contribution in [3.63, 3.8) is 0 Å². The van der Waals surface area contributed by atoms with Gasteiger partial charge in [0.2, 0.25) is 0 Å². The number of carbonyl (C=O) groups is 2. The Bertz CT molecular complexity index is 327. The summed E-state index contributed by atoms with van der Waals surface area (Å²) in [6.45, 7) is 0. The van der Waals surface area contributed by atoms with E-state index < -0.39 is 11.9 Å². The SMILES string of the molecule is O=C(O)C/C=C(\CCCCC1CCCCC1)C(=O)O. The van der Waals surface area contributed by atoms with Crippen LogP contribution in [0.25, 0.3) is 0 Å². The third-order valence-electron chi connectivity index (χ3n) is 3.83. The number of unbranched alkanes of at least 4 members (excludes halogenated alkanes) is 1. The molecule has 0 unspecified atom stereocenters. The Morgan fingerprint density at radius 3 is 2.32 bits per heavy atom. The van der Waals surface area contributed by atoms with Gasteiger partial charge in [-0.2, -0.15) is 0 Å². The number of hydrogen-bond acceptors (Lipinski definition) is 2. The largest absolute Gasteiger partial charge is 0.481 e. The quantitative estimate of drug-likeness (QED) is 0.521. The smallest absolute Gasteiger partial charge is 0.331 e. The lowest BCUT2D eigenvalue weighted by atomic mass is 9.85. The molecule has 1 aliphatic rings. The van der Waals surface area contributed by atoms with Crippen LogP contribution in [-0.4, -0.2) is 22.2 Å². The molecule has 0 heterocycles. The summed E-state index contributed by atoms with van der Waals surface area (Å²) in [5.41, 5.74) is 0.242.